The van der Waals surface area contributed by atoms with Crippen LogP contribution in [0.1, 0.15) is 51.4 Å². The molecule has 1 saturated carbocycles. The molecule has 4 heteroatoms. The highest BCUT2D eigenvalue weighted by molar-refractivity contribution is 5.75. The van der Waals surface area contributed by atoms with E-state index in [2.05, 4.69) is 0 Å². The number of nitrogens with zero attached hydrogens (tertiary/aromatic N) is 1. The summed E-state index contributed by atoms with van der Waals surface area (Å²) < 4.78 is 4.86. The summed E-state index contributed by atoms with van der Waals surface area (Å²) in [6.45, 7) is 0.635. The average molecular weight is 271 g/mol. The highest BCUT2D eigenvalue weighted by Crippen LogP contribution is 2.27. The second-order valence-electron chi connectivity index (χ2n) is 5.78. The summed E-state index contributed by atoms with van der Waals surface area (Å²) in [5.41, 5.74) is 0. The van der Waals surface area contributed by atoms with Crippen molar-refractivity contribution in [3.05, 3.63) is 0 Å². The van der Waals surface area contributed by atoms with E-state index in [4.69, 9.17) is 4.74 Å². The van der Waals surface area contributed by atoms with Gasteiger partial charge >= 0.3 is 0 Å². The van der Waals surface area contributed by atoms with E-state index in [0.717, 1.165) is 12.3 Å². The highest BCUT2D eigenvalue weighted by Gasteiger charge is 2.16. The molecule has 1 unspecified atom stereocenters. The van der Waals surface area contributed by atoms with E-state index in [0.29, 0.717) is 13.0 Å². The number of amides is 1. The molecule has 1 rings (SSSR count). The maximum atomic E-state index is 11.9. The topological polar surface area (TPSA) is 49.8 Å². The first-order valence-electron chi connectivity index (χ1n) is 7.54. The van der Waals surface area contributed by atoms with Crippen LogP contribution in [-0.2, 0) is 9.53 Å². The van der Waals surface area contributed by atoms with Gasteiger partial charge in [0.25, 0.3) is 0 Å². The van der Waals surface area contributed by atoms with Crippen molar-refractivity contribution in [2.45, 2.75) is 57.5 Å². The Kier molecular flexibility index (Phi) is 8.07. The molecule has 1 N–H and O–H groups in total. The molecule has 4 nitrogen and oxygen atoms in total. The fourth-order valence-electron chi connectivity index (χ4n) is 2.87. The SMILES string of the molecule is COCC(O)CN(C)C(=O)CCCC1CCCCC1. The average Bonchev–Trinajstić information content (AvgIpc) is 2.40. The lowest BCUT2D eigenvalue weighted by Crippen LogP contribution is -2.36. The summed E-state index contributed by atoms with van der Waals surface area (Å²) in [7, 11) is 3.30. The van der Waals surface area contributed by atoms with Crippen LogP contribution in [0.2, 0.25) is 0 Å². The number of ether oxygens (including phenoxy) is 1. The molecule has 0 radical (unpaired) electrons. The van der Waals surface area contributed by atoms with Gasteiger partial charge in [-0.05, 0) is 18.8 Å². The van der Waals surface area contributed by atoms with Crippen molar-refractivity contribution in [2.75, 3.05) is 27.3 Å². The van der Waals surface area contributed by atoms with E-state index in [1.54, 1.807) is 19.1 Å². The first kappa shape index (κ1) is 16.4. The van der Waals surface area contributed by atoms with Crippen molar-refractivity contribution in [1.29, 1.82) is 0 Å². The molecular formula is C15H29NO3. The first-order valence-corrected chi connectivity index (χ1v) is 7.54. The van der Waals surface area contributed by atoms with Gasteiger partial charge in [0.05, 0.1) is 12.7 Å². The van der Waals surface area contributed by atoms with Crippen LogP contribution < -0.4 is 0 Å². The quantitative estimate of drug-likeness (QED) is 0.736. The second kappa shape index (κ2) is 9.32. The number of rotatable bonds is 8. The van der Waals surface area contributed by atoms with E-state index in [-0.39, 0.29) is 12.5 Å². The molecular weight excluding hydrogens is 242 g/mol. The number of carbonyl (C=O) groups excluding carboxylic acids is 1. The predicted octanol–water partition coefficient (Wildman–Crippen LogP) is 2.20. The molecule has 0 aromatic rings. The van der Waals surface area contributed by atoms with Crippen molar-refractivity contribution >= 4 is 5.91 Å². The molecule has 0 aromatic carbocycles. The van der Waals surface area contributed by atoms with Gasteiger partial charge in [-0.1, -0.05) is 32.1 Å². The van der Waals surface area contributed by atoms with Crippen molar-refractivity contribution in [3.63, 3.8) is 0 Å². The van der Waals surface area contributed by atoms with E-state index in [9.17, 15) is 9.90 Å². The summed E-state index contributed by atoms with van der Waals surface area (Å²) in [6.07, 6.45) is 8.98. The summed E-state index contributed by atoms with van der Waals surface area (Å²) in [4.78, 5) is 13.5. The third-order valence-electron chi connectivity index (χ3n) is 4.00. The van der Waals surface area contributed by atoms with E-state index < -0.39 is 6.10 Å². The van der Waals surface area contributed by atoms with Gasteiger partial charge in [0.1, 0.15) is 0 Å². The van der Waals surface area contributed by atoms with E-state index in [1.807, 2.05) is 0 Å². The fourth-order valence-corrected chi connectivity index (χ4v) is 2.87. The minimum Gasteiger partial charge on any atom is -0.389 e. The fraction of sp³-hybridized carbons (Fsp3) is 0.933. The first-order chi connectivity index (χ1) is 9.13. The molecule has 1 aliphatic rings. The summed E-state index contributed by atoms with van der Waals surface area (Å²) >= 11 is 0. The Morgan fingerprint density at radius 3 is 2.68 bits per heavy atom. The normalized spacial score (nSPS) is 18.3. The van der Waals surface area contributed by atoms with Crippen LogP contribution in [0.15, 0.2) is 0 Å². The van der Waals surface area contributed by atoms with Crippen LogP contribution >= 0.6 is 0 Å². The Balaban J connectivity index is 2.11. The molecule has 0 saturated heterocycles. The van der Waals surface area contributed by atoms with Gasteiger partial charge in [-0.2, -0.15) is 0 Å². The van der Waals surface area contributed by atoms with Crippen molar-refractivity contribution in [2.24, 2.45) is 5.92 Å². The van der Waals surface area contributed by atoms with Crippen molar-refractivity contribution in [1.82, 2.24) is 4.90 Å². The van der Waals surface area contributed by atoms with E-state index >= 15 is 0 Å². The Hall–Kier alpha value is -0.610. The maximum absolute atomic E-state index is 11.9. The Labute approximate surface area is 117 Å². The van der Waals surface area contributed by atoms with Crippen molar-refractivity contribution < 1.29 is 14.6 Å². The number of hydrogen-bond donors (Lipinski definition) is 1. The standard InChI is InChI=1S/C15H29NO3/c1-16(11-14(17)12-19-2)15(18)10-6-9-13-7-4-3-5-8-13/h13-14,17H,3-12H2,1-2H3. The zero-order chi connectivity index (χ0) is 14.1. The van der Waals surface area contributed by atoms with Gasteiger partial charge in [-0.15, -0.1) is 0 Å². The van der Waals surface area contributed by atoms with Gasteiger partial charge in [0.2, 0.25) is 5.91 Å². The lowest BCUT2D eigenvalue weighted by atomic mass is 9.86. The molecule has 0 aliphatic heterocycles. The molecule has 0 spiro atoms. The minimum absolute atomic E-state index is 0.131. The number of methoxy groups -OCH3 is 1. The monoisotopic (exact) mass is 271 g/mol. The van der Waals surface area contributed by atoms with Gasteiger partial charge in [-0.3, -0.25) is 4.79 Å². The lowest BCUT2D eigenvalue weighted by molar-refractivity contribution is -0.131. The number of aliphatic hydroxyl groups excluding tert-OH is 1. The van der Waals surface area contributed by atoms with Crippen LogP contribution in [0, 0.1) is 5.92 Å². The van der Waals surface area contributed by atoms with Crippen LogP contribution in [0.4, 0.5) is 0 Å². The molecule has 0 bridgehead atoms. The molecule has 1 aliphatic carbocycles. The predicted molar refractivity (Wildman–Crippen MR) is 75.9 cm³/mol. The Morgan fingerprint density at radius 1 is 1.37 bits per heavy atom. The number of hydrogen-bond acceptors (Lipinski definition) is 3. The van der Waals surface area contributed by atoms with Crippen LogP contribution in [-0.4, -0.2) is 49.3 Å². The third kappa shape index (κ3) is 6.92. The molecule has 19 heavy (non-hydrogen) atoms. The molecule has 0 aromatic heterocycles. The minimum atomic E-state index is -0.586. The summed E-state index contributed by atoms with van der Waals surface area (Å²) in [5, 5.41) is 9.58. The molecule has 0 heterocycles. The van der Waals surface area contributed by atoms with E-state index in [1.165, 1.54) is 38.5 Å². The van der Waals surface area contributed by atoms with Gasteiger partial charge in [0.15, 0.2) is 0 Å². The van der Waals surface area contributed by atoms with Crippen LogP contribution in [0.5, 0.6) is 0 Å². The molecule has 1 fully saturated rings. The second-order valence-corrected chi connectivity index (χ2v) is 5.78. The maximum Gasteiger partial charge on any atom is 0.222 e. The Morgan fingerprint density at radius 2 is 2.05 bits per heavy atom. The van der Waals surface area contributed by atoms with Gasteiger partial charge in [-0.25, -0.2) is 0 Å². The number of aliphatic hydroxyl groups is 1. The summed E-state index contributed by atoms with van der Waals surface area (Å²) in [5.74, 6) is 0.969. The van der Waals surface area contributed by atoms with Gasteiger partial charge < -0.3 is 14.7 Å². The molecule has 112 valence electrons. The third-order valence-corrected chi connectivity index (χ3v) is 4.00. The van der Waals surface area contributed by atoms with Crippen molar-refractivity contribution in [3.8, 4) is 0 Å². The smallest absolute Gasteiger partial charge is 0.222 e. The highest BCUT2D eigenvalue weighted by atomic mass is 16.5. The summed E-state index contributed by atoms with van der Waals surface area (Å²) in [6, 6.07) is 0. The molecule has 1 atom stereocenters. The van der Waals surface area contributed by atoms with Crippen LogP contribution in [0.25, 0.3) is 0 Å². The molecule has 1 amide bonds. The van der Waals surface area contributed by atoms with Gasteiger partial charge in [0, 0.05) is 27.1 Å². The zero-order valence-electron chi connectivity index (χ0n) is 12.4. The van der Waals surface area contributed by atoms with Crippen LogP contribution in [0.3, 0.4) is 0 Å². The largest absolute Gasteiger partial charge is 0.389 e. The number of carbonyl (C=O) groups is 1. The lowest BCUT2D eigenvalue weighted by Gasteiger charge is -2.23. The Bertz CT molecular complexity index is 252. The zero-order valence-corrected chi connectivity index (χ0v) is 12.4. The number of likely N-dealkylation sites (N-methyl/N-ethyl adjacent to an activating group) is 1.